The van der Waals surface area contributed by atoms with Gasteiger partial charge in [0.2, 0.25) is 0 Å². The second kappa shape index (κ2) is 54.2. The summed E-state index contributed by atoms with van der Waals surface area (Å²) in [6.07, 6.45) is 64.1. The van der Waals surface area contributed by atoms with Crippen molar-refractivity contribution in [3.05, 3.63) is 36.5 Å². The highest BCUT2D eigenvalue weighted by atomic mass is 16.6. The van der Waals surface area contributed by atoms with Gasteiger partial charge in [0.25, 0.3) is 0 Å². The maximum Gasteiger partial charge on any atom is 0.306 e. The van der Waals surface area contributed by atoms with Gasteiger partial charge in [-0.2, -0.15) is 0 Å². The van der Waals surface area contributed by atoms with Gasteiger partial charge in [0.15, 0.2) is 6.10 Å². The lowest BCUT2D eigenvalue weighted by atomic mass is 10.0. The van der Waals surface area contributed by atoms with Crippen molar-refractivity contribution in [2.45, 2.75) is 309 Å². The Balaban J connectivity index is 4.35. The molecule has 0 amide bonds. The molecule has 0 heterocycles. The second-order valence-corrected chi connectivity index (χ2v) is 19.2. The predicted molar refractivity (Wildman–Crippen MR) is 279 cm³/mol. The van der Waals surface area contributed by atoms with Crippen LogP contribution in [0.2, 0.25) is 0 Å². The number of carbonyl (C=O) groups is 3. The van der Waals surface area contributed by atoms with Crippen LogP contribution in [0.15, 0.2) is 36.5 Å². The molecule has 0 aliphatic carbocycles. The molecule has 0 saturated heterocycles. The summed E-state index contributed by atoms with van der Waals surface area (Å²) in [6.45, 7) is 6.63. The van der Waals surface area contributed by atoms with Crippen LogP contribution >= 0.6 is 0 Å². The molecule has 0 saturated carbocycles. The van der Waals surface area contributed by atoms with Crippen molar-refractivity contribution in [3.63, 3.8) is 0 Å². The summed E-state index contributed by atoms with van der Waals surface area (Å²) in [4.78, 5) is 38.1. The average Bonchev–Trinajstić information content (AvgIpc) is 3.30. The largest absolute Gasteiger partial charge is 0.462 e. The lowest BCUT2D eigenvalue weighted by Crippen LogP contribution is -2.30. The van der Waals surface area contributed by atoms with Crippen molar-refractivity contribution in [2.24, 2.45) is 0 Å². The molecule has 0 fully saturated rings. The number of allylic oxidation sites excluding steroid dienone is 6. The molecule has 0 spiro atoms. The summed E-state index contributed by atoms with van der Waals surface area (Å²) >= 11 is 0. The number of unbranched alkanes of at least 4 members (excludes halogenated alkanes) is 35. The fraction of sp³-hybridized carbons (Fsp3) is 0.847. The molecule has 0 radical (unpaired) electrons. The quantitative estimate of drug-likeness (QED) is 0.0262. The molecule has 0 N–H and O–H groups in total. The Morgan fingerprint density at radius 1 is 0.308 bits per heavy atom. The average molecular weight is 914 g/mol. The van der Waals surface area contributed by atoms with Crippen LogP contribution in [-0.4, -0.2) is 37.2 Å². The Hall–Kier alpha value is -2.37. The molecule has 1 atom stereocenters. The zero-order valence-corrected chi connectivity index (χ0v) is 43.5. The van der Waals surface area contributed by atoms with Gasteiger partial charge in [0, 0.05) is 19.3 Å². The monoisotopic (exact) mass is 913 g/mol. The van der Waals surface area contributed by atoms with Gasteiger partial charge in [-0.15, -0.1) is 0 Å². The van der Waals surface area contributed by atoms with Crippen molar-refractivity contribution in [2.75, 3.05) is 13.2 Å². The Kier molecular flexibility index (Phi) is 52.3. The minimum atomic E-state index is -0.776. The van der Waals surface area contributed by atoms with E-state index in [0.717, 1.165) is 77.0 Å². The molecule has 0 aliphatic rings. The van der Waals surface area contributed by atoms with Gasteiger partial charge < -0.3 is 14.2 Å². The number of carbonyl (C=O) groups excluding carboxylic acids is 3. The summed E-state index contributed by atoms with van der Waals surface area (Å²) in [7, 11) is 0. The van der Waals surface area contributed by atoms with Gasteiger partial charge in [-0.25, -0.2) is 0 Å². The highest BCUT2D eigenvalue weighted by Crippen LogP contribution is 2.16. The van der Waals surface area contributed by atoms with Crippen molar-refractivity contribution in [1.82, 2.24) is 0 Å². The number of ether oxygens (including phenoxy) is 3. The topological polar surface area (TPSA) is 78.9 Å². The molecular formula is C59H108O6. The molecule has 0 aliphatic heterocycles. The molecule has 380 valence electrons. The number of hydrogen-bond donors (Lipinski definition) is 0. The molecular weight excluding hydrogens is 805 g/mol. The SMILES string of the molecule is CCCCC/C=C\C/C=C\CCCCCCCCCC(=O)OC(COC(=O)CCCCCCC/C=C\CCCCCCCCCCC)COC(=O)CCCCCCCCCCCCCC. The van der Waals surface area contributed by atoms with E-state index >= 15 is 0 Å². The molecule has 6 nitrogen and oxygen atoms in total. The summed E-state index contributed by atoms with van der Waals surface area (Å²) < 4.78 is 16.8. The van der Waals surface area contributed by atoms with Crippen molar-refractivity contribution < 1.29 is 28.6 Å². The van der Waals surface area contributed by atoms with E-state index in [9.17, 15) is 14.4 Å². The van der Waals surface area contributed by atoms with E-state index in [1.165, 1.54) is 186 Å². The van der Waals surface area contributed by atoms with Crippen molar-refractivity contribution >= 4 is 17.9 Å². The first-order valence-electron chi connectivity index (χ1n) is 28.5. The third kappa shape index (κ3) is 52.5. The maximum atomic E-state index is 12.8. The summed E-state index contributed by atoms with van der Waals surface area (Å²) in [5, 5.41) is 0. The van der Waals surface area contributed by atoms with Crippen LogP contribution < -0.4 is 0 Å². The summed E-state index contributed by atoms with van der Waals surface area (Å²) in [6, 6.07) is 0. The molecule has 1 unspecified atom stereocenters. The van der Waals surface area contributed by atoms with Gasteiger partial charge in [-0.1, -0.05) is 243 Å². The third-order valence-electron chi connectivity index (χ3n) is 12.6. The third-order valence-corrected chi connectivity index (χ3v) is 12.6. The standard InChI is InChI=1S/C59H108O6/c1-4-7-10-13-16-19-22-25-27-29-31-32-34-37-40-43-46-49-52-58(61)64-55-56(54-63-57(60)51-48-45-42-39-36-24-21-18-15-12-9-6-3)65-59(62)53-50-47-44-41-38-35-33-30-28-26-23-20-17-14-11-8-5-2/h17,20,26,28,31-32,56H,4-16,18-19,21-25,27,29-30,33-55H2,1-3H3/b20-17-,28-26-,32-31-. The van der Waals surface area contributed by atoms with Crippen LogP contribution in [0.25, 0.3) is 0 Å². The maximum absolute atomic E-state index is 12.8. The van der Waals surface area contributed by atoms with Gasteiger partial charge in [0.05, 0.1) is 0 Å². The van der Waals surface area contributed by atoms with E-state index < -0.39 is 6.10 Å². The van der Waals surface area contributed by atoms with E-state index in [0.29, 0.717) is 19.3 Å². The molecule has 0 aromatic rings. The minimum Gasteiger partial charge on any atom is -0.462 e. The Labute approximate surface area is 404 Å². The predicted octanol–water partition coefficient (Wildman–Crippen LogP) is 18.9. The molecule has 0 rings (SSSR count). The van der Waals surface area contributed by atoms with Gasteiger partial charge in [0.1, 0.15) is 13.2 Å². The van der Waals surface area contributed by atoms with Crippen molar-refractivity contribution in [3.8, 4) is 0 Å². The fourth-order valence-corrected chi connectivity index (χ4v) is 8.29. The minimum absolute atomic E-state index is 0.0747. The second-order valence-electron chi connectivity index (χ2n) is 19.2. The van der Waals surface area contributed by atoms with Crippen LogP contribution in [0.5, 0.6) is 0 Å². The van der Waals surface area contributed by atoms with E-state index in [1.54, 1.807) is 0 Å². The van der Waals surface area contributed by atoms with E-state index in [-0.39, 0.29) is 31.1 Å². The van der Waals surface area contributed by atoms with Crippen LogP contribution in [-0.2, 0) is 28.6 Å². The van der Waals surface area contributed by atoms with E-state index in [1.807, 2.05) is 0 Å². The van der Waals surface area contributed by atoms with Gasteiger partial charge in [-0.3, -0.25) is 14.4 Å². The Morgan fingerprint density at radius 3 is 0.892 bits per heavy atom. The zero-order valence-electron chi connectivity index (χ0n) is 43.5. The number of esters is 3. The Morgan fingerprint density at radius 2 is 0.554 bits per heavy atom. The zero-order chi connectivity index (χ0) is 47.2. The first-order chi connectivity index (χ1) is 32.0. The van der Waals surface area contributed by atoms with E-state index in [2.05, 4.69) is 57.2 Å². The van der Waals surface area contributed by atoms with Crippen molar-refractivity contribution in [1.29, 1.82) is 0 Å². The smallest absolute Gasteiger partial charge is 0.306 e. The van der Waals surface area contributed by atoms with Crippen LogP contribution in [0.3, 0.4) is 0 Å². The molecule has 0 bridgehead atoms. The molecule has 6 heteroatoms. The lowest BCUT2D eigenvalue weighted by Gasteiger charge is -2.18. The first kappa shape index (κ1) is 62.6. The molecule has 0 aromatic carbocycles. The number of rotatable bonds is 52. The lowest BCUT2D eigenvalue weighted by molar-refractivity contribution is -0.167. The normalized spacial score (nSPS) is 12.2. The number of hydrogen-bond acceptors (Lipinski definition) is 6. The summed E-state index contributed by atoms with van der Waals surface area (Å²) in [5.41, 5.74) is 0. The molecule has 0 aromatic heterocycles. The fourth-order valence-electron chi connectivity index (χ4n) is 8.29. The van der Waals surface area contributed by atoms with Crippen LogP contribution in [0.4, 0.5) is 0 Å². The van der Waals surface area contributed by atoms with Crippen LogP contribution in [0.1, 0.15) is 303 Å². The Bertz CT molecular complexity index is 1090. The first-order valence-corrected chi connectivity index (χ1v) is 28.5. The summed E-state index contributed by atoms with van der Waals surface area (Å²) in [5.74, 6) is -0.876. The van der Waals surface area contributed by atoms with E-state index in [4.69, 9.17) is 14.2 Å². The highest BCUT2D eigenvalue weighted by molar-refractivity contribution is 5.71. The highest BCUT2D eigenvalue weighted by Gasteiger charge is 2.19. The van der Waals surface area contributed by atoms with Gasteiger partial charge >= 0.3 is 17.9 Å². The molecule has 65 heavy (non-hydrogen) atoms. The van der Waals surface area contributed by atoms with Gasteiger partial charge in [-0.05, 0) is 77.0 Å². The van der Waals surface area contributed by atoms with Crippen LogP contribution in [0, 0.1) is 0 Å².